The summed E-state index contributed by atoms with van der Waals surface area (Å²) in [5.41, 5.74) is 0.834. The van der Waals surface area contributed by atoms with Crippen molar-refractivity contribution in [3.63, 3.8) is 0 Å². The van der Waals surface area contributed by atoms with E-state index in [9.17, 15) is 13.6 Å². The van der Waals surface area contributed by atoms with Crippen LogP contribution >= 0.6 is 0 Å². The van der Waals surface area contributed by atoms with Crippen molar-refractivity contribution < 1.29 is 22.7 Å². The molecule has 0 bridgehead atoms. The molecule has 1 radical (unpaired) electrons. The quantitative estimate of drug-likeness (QED) is 0.608. The maximum atomic E-state index is 12.2. The van der Waals surface area contributed by atoms with Crippen molar-refractivity contribution >= 4 is 15.0 Å². The van der Waals surface area contributed by atoms with Gasteiger partial charge in [0.15, 0.2) is 6.61 Å². The second-order valence-corrected chi connectivity index (χ2v) is 7.95. The lowest BCUT2D eigenvalue weighted by atomic mass is 9.85. The molecular weight excluding hydrogens is 294 g/mol. The van der Waals surface area contributed by atoms with Gasteiger partial charge in [0.25, 0.3) is 15.5 Å². The van der Waals surface area contributed by atoms with E-state index in [1.54, 1.807) is 12.1 Å². The van der Waals surface area contributed by atoms with Crippen molar-refractivity contribution in [2.24, 2.45) is 0 Å². The minimum absolute atomic E-state index is 0.203. The third kappa shape index (κ3) is 5.11. The van der Waals surface area contributed by atoms with E-state index in [1.165, 1.54) is 0 Å². The lowest BCUT2D eigenvalue weighted by molar-refractivity contribution is 0.0158. The van der Waals surface area contributed by atoms with Gasteiger partial charge in [0, 0.05) is 0 Å². The Morgan fingerprint density at radius 2 is 1.90 bits per heavy atom. The Hall–Kier alpha value is -1.43. The molecule has 1 rings (SSSR count). The lowest BCUT2D eigenvalue weighted by Gasteiger charge is -2.25. The monoisotopic (exact) mass is 315 g/mol. The Labute approximate surface area is 126 Å². The third-order valence-electron chi connectivity index (χ3n) is 2.69. The van der Waals surface area contributed by atoms with E-state index in [4.69, 9.17) is 4.43 Å². The molecule has 0 amide bonds. The highest BCUT2D eigenvalue weighted by atomic mass is 28.3. The highest BCUT2D eigenvalue weighted by Gasteiger charge is 2.25. The lowest BCUT2D eigenvalue weighted by Crippen LogP contribution is -2.22. The number of ether oxygens (including phenoxy) is 1. The maximum absolute atomic E-state index is 12.2. The van der Waals surface area contributed by atoms with Crippen LogP contribution in [0, 0.1) is 0 Å². The second-order valence-electron chi connectivity index (χ2n) is 5.93. The first kappa shape index (κ1) is 17.6. The SMILES string of the molecule is C[Si](C)Oc1c(C(=O)OCC(F)F)cccc1C(C)(C)C. The second kappa shape index (κ2) is 7.02. The van der Waals surface area contributed by atoms with Crippen LogP contribution in [0.15, 0.2) is 18.2 Å². The van der Waals surface area contributed by atoms with Crippen molar-refractivity contribution in [1.29, 1.82) is 0 Å². The standard InChI is InChI=1S/C15H21F2O3Si/c1-15(2,3)11-8-6-7-10(13(11)20-21(4)5)14(18)19-9-12(16)17/h6-8,12H,9H2,1-5H3. The summed E-state index contributed by atoms with van der Waals surface area (Å²) in [6.45, 7) is 8.98. The third-order valence-corrected chi connectivity index (χ3v) is 3.30. The first-order valence-corrected chi connectivity index (χ1v) is 9.10. The fraction of sp³-hybridized carbons (Fsp3) is 0.533. The van der Waals surface area contributed by atoms with Crippen molar-refractivity contribution in [1.82, 2.24) is 0 Å². The molecule has 0 aromatic heterocycles. The number of para-hydroxylation sites is 1. The molecule has 0 N–H and O–H groups in total. The predicted octanol–water partition coefficient (Wildman–Crippen LogP) is 4.04. The highest BCUT2D eigenvalue weighted by molar-refractivity contribution is 6.49. The molecule has 0 aliphatic carbocycles. The van der Waals surface area contributed by atoms with Gasteiger partial charge in [-0.25, -0.2) is 13.6 Å². The van der Waals surface area contributed by atoms with E-state index in [0.717, 1.165) is 5.56 Å². The van der Waals surface area contributed by atoms with E-state index in [2.05, 4.69) is 4.74 Å². The minimum Gasteiger partial charge on any atom is -0.542 e. The summed E-state index contributed by atoms with van der Waals surface area (Å²) in [4.78, 5) is 12.0. The molecular formula is C15H21F2O3Si. The Morgan fingerprint density at radius 1 is 1.29 bits per heavy atom. The van der Waals surface area contributed by atoms with Crippen LogP contribution in [-0.2, 0) is 10.2 Å². The molecule has 0 unspecified atom stereocenters. The number of benzene rings is 1. The van der Waals surface area contributed by atoms with Crippen LogP contribution in [0.5, 0.6) is 5.75 Å². The van der Waals surface area contributed by atoms with Crippen LogP contribution in [0.3, 0.4) is 0 Å². The van der Waals surface area contributed by atoms with Gasteiger partial charge in [0.05, 0.1) is 0 Å². The molecule has 0 heterocycles. The summed E-state index contributed by atoms with van der Waals surface area (Å²) in [6.07, 6.45) is -2.68. The van der Waals surface area contributed by atoms with E-state index in [0.29, 0.717) is 5.75 Å². The molecule has 0 spiro atoms. The number of hydrogen-bond donors (Lipinski definition) is 0. The van der Waals surface area contributed by atoms with Crippen molar-refractivity contribution in [3.8, 4) is 5.75 Å². The summed E-state index contributed by atoms with van der Waals surface area (Å²) < 4.78 is 34.8. The summed E-state index contributed by atoms with van der Waals surface area (Å²) in [5.74, 6) is -0.331. The van der Waals surface area contributed by atoms with E-state index >= 15 is 0 Å². The Kier molecular flexibility index (Phi) is 5.89. The summed E-state index contributed by atoms with van der Waals surface area (Å²) in [7, 11) is -1.11. The number of esters is 1. The smallest absolute Gasteiger partial charge is 0.342 e. The van der Waals surface area contributed by atoms with E-state index < -0.39 is 28.0 Å². The predicted molar refractivity (Wildman–Crippen MR) is 79.5 cm³/mol. The van der Waals surface area contributed by atoms with Crippen molar-refractivity contribution in [2.45, 2.75) is 45.7 Å². The fourth-order valence-electron chi connectivity index (χ4n) is 1.82. The molecule has 0 saturated carbocycles. The Morgan fingerprint density at radius 3 is 2.38 bits per heavy atom. The van der Waals surface area contributed by atoms with Crippen molar-refractivity contribution in [2.75, 3.05) is 6.61 Å². The number of rotatable bonds is 5. The van der Waals surface area contributed by atoms with Crippen LogP contribution in [0.1, 0.15) is 36.7 Å². The van der Waals surface area contributed by atoms with Gasteiger partial charge < -0.3 is 9.16 Å². The molecule has 21 heavy (non-hydrogen) atoms. The van der Waals surface area contributed by atoms with Gasteiger partial charge in [-0.1, -0.05) is 32.9 Å². The molecule has 0 fully saturated rings. The van der Waals surface area contributed by atoms with Crippen LogP contribution in [0.25, 0.3) is 0 Å². The zero-order chi connectivity index (χ0) is 16.2. The van der Waals surface area contributed by atoms with Crippen LogP contribution in [0.4, 0.5) is 8.78 Å². The van der Waals surface area contributed by atoms with Crippen LogP contribution < -0.4 is 4.43 Å². The van der Waals surface area contributed by atoms with Gasteiger partial charge >= 0.3 is 5.97 Å². The average molecular weight is 315 g/mol. The van der Waals surface area contributed by atoms with E-state index in [1.807, 2.05) is 39.9 Å². The van der Waals surface area contributed by atoms with Gasteiger partial charge in [-0.3, -0.25) is 0 Å². The van der Waals surface area contributed by atoms with Gasteiger partial charge in [-0.05, 0) is 30.1 Å². The van der Waals surface area contributed by atoms with Gasteiger partial charge in [0.1, 0.15) is 11.3 Å². The van der Waals surface area contributed by atoms with Gasteiger partial charge in [-0.15, -0.1) is 0 Å². The first-order chi connectivity index (χ1) is 9.62. The van der Waals surface area contributed by atoms with Crippen LogP contribution in [0.2, 0.25) is 13.1 Å². The molecule has 1 aromatic rings. The molecule has 0 aliphatic rings. The molecule has 0 aliphatic heterocycles. The highest BCUT2D eigenvalue weighted by Crippen LogP contribution is 2.35. The van der Waals surface area contributed by atoms with Gasteiger partial charge in [-0.2, -0.15) is 0 Å². The summed E-state index contributed by atoms with van der Waals surface area (Å²) >= 11 is 0. The van der Waals surface area contributed by atoms with Gasteiger partial charge in [0.2, 0.25) is 0 Å². The summed E-state index contributed by atoms with van der Waals surface area (Å²) in [6, 6.07) is 5.14. The first-order valence-electron chi connectivity index (χ1n) is 6.69. The zero-order valence-electron chi connectivity index (χ0n) is 13.0. The summed E-state index contributed by atoms with van der Waals surface area (Å²) in [5, 5.41) is 0. The van der Waals surface area contributed by atoms with Crippen LogP contribution in [-0.4, -0.2) is 28.0 Å². The maximum Gasteiger partial charge on any atom is 0.342 e. The number of carbonyl (C=O) groups is 1. The average Bonchev–Trinajstić information content (AvgIpc) is 2.34. The van der Waals surface area contributed by atoms with E-state index in [-0.39, 0.29) is 11.0 Å². The number of hydrogen-bond acceptors (Lipinski definition) is 3. The molecule has 0 saturated heterocycles. The molecule has 3 nitrogen and oxygen atoms in total. The number of alkyl halides is 2. The molecule has 1 aromatic carbocycles. The minimum atomic E-state index is -2.68. The normalized spacial score (nSPS) is 11.9. The molecule has 6 heteroatoms. The van der Waals surface area contributed by atoms with Crippen molar-refractivity contribution in [3.05, 3.63) is 29.3 Å². The number of carbonyl (C=O) groups excluding carboxylic acids is 1. The topological polar surface area (TPSA) is 35.5 Å². The molecule has 0 atom stereocenters. The molecule has 117 valence electrons. The zero-order valence-corrected chi connectivity index (χ0v) is 14.0. The largest absolute Gasteiger partial charge is 0.542 e. The fourth-order valence-corrected chi connectivity index (χ4v) is 2.45. The number of halogens is 2. The Bertz CT molecular complexity index is 496. The Balaban J connectivity index is 3.21.